The molecule has 0 amide bonds. The molecule has 1 heteroatoms. The second-order valence-electron chi connectivity index (χ2n) is 4.63. The van der Waals surface area contributed by atoms with Crippen LogP contribution in [0, 0.1) is 0 Å². The number of allylic oxidation sites excluding steroid dienone is 4. The first-order valence-electron chi connectivity index (χ1n) is 7.34. The van der Waals surface area contributed by atoms with Crippen molar-refractivity contribution in [2.24, 2.45) is 0 Å². The maximum atomic E-state index is 8.62. The predicted molar refractivity (Wildman–Crippen MR) is 77.2 cm³/mol. The van der Waals surface area contributed by atoms with Crippen molar-refractivity contribution in [2.45, 2.75) is 71.1 Å². The standard InChI is InChI=1S/C16H30O/c1-2-3-4-5-6-7-8-9-10-11-12-13-14-15-16-17/h7-10,17H,2-6,11-16H2,1H3. The summed E-state index contributed by atoms with van der Waals surface area (Å²) in [6.07, 6.45) is 21.3. The zero-order valence-electron chi connectivity index (χ0n) is 11.5. The van der Waals surface area contributed by atoms with Gasteiger partial charge in [-0.1, -0.05) is 63.3 Å². The van der Waals surface area contributed by atoms with Crippen LogP contribution >= 0.6 is 0 Å². The molecule has 0 saturated carbocycles. The summed E-state index contributed by atoms with van der Waals surface area (Å²) in [4.78, 5) is 0. The highest BCUT2D eigenvalue weighted by Gasteiger charge is 1.86. The second-order valence-corrected chi connectivity index (χ2v) is 4.63. The fourth-order valence-electron chi connectivity index (χ4n) is 1.77. The van der Waals surface area contributed by atoms with Gasteiger partial charge in [-0.3, -0.25) is 0 Å². The van der Waals surface area contributed by atoms with Gasteiger partial charge in [0.05, 0.1) is 0 Å². The van der Waals surface area contributed by atoms with E-state index in [1.807, 2.05) is 0 Å². The molecular formula is C16H30O. The highest BCUT2D eigenvalue weighted by atomic mass is 16.2. The van der Waals surface area contributed by atoms with Crippen LogP contribution in [0.15, 0.2) is 24.3 Å². The molecule has 0 rings (SSSR count). The van der Waals surface area contributed by atoms with E-state index in [4.69, 9.17) is 5.11 Å². The summed E-state index contributed by atoms with van der Waals surface area (Å²) in [5, 5.41) is 8.62. The molecule has 1 nitrogen and oxygen atoms in total. The summed E-state index contributed by atoms with van der Waals surface area (Å²) in [5.41, 5.74) is 0. The van der Waals surface area contributed by atoms with Gasteiger partial charge in [0.25, 0.3) is 0 Å². The number of unbranched alkanes of at least 4 members (excludes halogenated alkanes) is 8. The Morgan fingerprint density at radius 1 is 0.706 bits per heavy atom. The third kappa shape index (κ3) is 15.4. The molecule has 0 aromatic carbocycles. The van der Waals surface area contributed by atoms with Crippen LogP contribution in [0.4, 0.5) is 0 Å². The summed E-state index contributed by atoms with van der Waals surface area (Å²) in [6, 6.07) is 0. The van der Waals surface area contributed by atoms with Crippen LogP contribution in [0.25, 0.3) is 0 Å². The van der Waals surface area contributed by atoms with Crippen LogP contribution in [-0.4, -0.2) is 11.7 Å². The van der Waals surface area contributed by atoms with Gasteiger partial charge in [0.15, 0.2) is 0 Å². The zero-order valence-corrected chi connectivity index (χ0v) is 11.5. The molecular weight excluding hydrogens is 208 g/mol. The molecule has 17 heavy (non-hydrogen) atoms. The lowest BCUT2D eigenvalue weighted by atomic mass is 10.1. The zero-order chi connectivity index (χ0) is 12.6. The number of hydrogen-bond donors (Lipinski definition) is 1. The van der Waals surface area contributed by atoms with E-state index >= 15 is 0 Å². The van der Waals surface area contributed by atoms with E-state index < -0.39 is 0 Å². The Balaban J connectivity index is 3.15. The van der Waals surface area contributed by atoms with Gasteiger partial charge in [0, 0.05) is 6.61 Å². The van der Waals surface area contributed by atoms with Gasteiger partial charge in [0.2, 0.25) is 0 Å². The molecule has 0 aliphatic carbocycles. The Morgan fingerprint density at radius 2 is 1.24 bits per heavy atom. The summed E-state index contributed by atoms with van der Waals surface area (Å²) in [5.74, 6) is 0. The summed E-state index contributed by atoms with van der Waals surface area (Å²) in [7, 11) is 0. The average molecular weight is 238 g/mol. The fraction of sp³-hybridized carbons (Fsp3) is 0.750. The van der Waals surface area contributed by atoms with Crippen molar-refractivity contribution in [3.8, 4) is 0 Å². The highest BCUT2D eigenvalue weighted by Crippen LogP contribution is 2.04. The van der Waals surface area contributed by atoms with Gasteiger partial charge in [-0.15, -0.1) is 0 Å². The maximum absolute atomic E-state index is 8.62. The predicted octanol–water partition coefficient (Wildman–Crippen LogP) is 5.01. The van der Waals surface area contributed by atoms with Crippen LogP contribution in [-0.2, 0) is 0 Å². The number of aliphatic hydroxyl groups is 1. The van der Waals surface area contributed by atoms with Crippen molar-refractivity contribution in [1.29, 1.82) is 0 Å². The van der Waals surface area contributed by atoms with Gasteiger partial charge in [-0.2, -0.15) is 0 Å². The van der Waals surface area contributed by atoms with Gasteiger partial charge < -0.3 is 5.11 Å². The van der Waals surface area contributed by atoms with Crippen molar-refractivity contribution in [2.75, 3.05) is 6.61 Å². The van der Waals surface area contributed by atoms with Crippen molar-refractivity contribution >= 4 is 0 Å². The second kappa shape index (κ2) is 15.4. The Kier molecular flexibility index (Phi) is 14.9. The van der Waals surface area contributed by atoms with E-state index in [-0.39, 0.29) is 0 Å². The molecule has 0 aliphatic heterocycles. The van der Waals surface area contributed by atoms with E-state index in [1.54, 1.807) is 0 Å². The molecule has 0 fully saturated rings. The van der Waals surface area contributed by atoms with Crippen molar-refractivity contribution in [3.63, 3.8) is 0 Å². The minimum atomic E-state index is 0.344. The number of rotatable bonds is 12. The molecule has 0 saturated heterocycles. The van der Waals surface area contributed by atoms with Crippen LogP contribution in [0.2, 0.25) is 0 Å². The molecule has 0 aliphatic rings. The molecule has 0 spiro atoms. The Labute approximate surface area is 108 Å². The molecule has 0 aromatic heterocycles. The molecule has 0 heterocycles. The number of aliphatic hydroxyl groups excluding tert-OH is 1. The van der Waals surface area contributed by atoms with E-state index in [2.05, 4.69) is 31.2 Å². The fourth-order valence-corrected chi connectivity index (χ4v) is 1.77. The first kappa shape index (κ1) is 16.4. The largest absolute Gasteiger partial charge is 0.396 e. The Bertz CT molecular complexity index is 182. The van der Waals surface area contributed by atoms with Crippen LogP contribution < -0.4 is 0 Å². The lowest BCUT2D eigenvalue weighted by molar-refractivity contribution is 0.282. The Morgan fingerprint density at radius 3 is 1.76 bits per heavy atom. The van der Waals surface area contributed by atoms with Gasteiger partial charge in [0.1, 0.15) is 0 Å². The first-order valence-corrected chi connectivity index (χ1v) is 7.34. The third-order valence-electron chi connectivity index (χ3n) is 2.89. The number of hydrogen-bond acceptors (Lipinski definition) is 1. The van der Waals surface area contributed by atoms with Gasteiger partial charge >= 0.3 is 0 Å². The maximum Gasteiger partial charge on any atom is 0.0431 e. The van der Waals surface area contributed by atoms with E-state index in [1.165, 1.54) is 51.4 Å². The molecule has 0 unspecified atom stereocenters. The van der Waals surface area contributed by atoms with Crippen LogP contribution in [0.3, 0.4) is 0 Å². The smallest absolute Gasteiger partial charge is 0.0431 e. The molecule has 0 atom stereocenters. The first-order chi connectivity index (χ1) is 8.41. The quantitative estimate of drug-likeness (QED) is 0.374. The van der Waals surface area contributed by atoms with Crippen LogP contribution in [0.1, 0.15) is 71.1 Å². The minimum Gasteiger partial charge on any atom is -0.396 e. The van der Waals surface area contributed by atoms with Crippen molar-refractivity contribution in [1.82, 2.24) is 0 Å². The van der Waals surface area contributed by atoms with Crippen molar-refractivity contribution < 1.29 is 5.11 Å². The molecule has 100 valence electrons. The molecule has 0 radical (unpaired) electrons. The molecule has 0 aromatic rings. The third-order valence-corrected chi connectivity index (χ3v) is 2.89. The highest BCUT2D eigenvalue weighted by molar-refractivity contribution is 5.02. The topological polar surface area (TPSA) is 20.2 Å². The molecule has 1 N–H and O–H groups in total. The van der Waals surface area contributed by atoms with E-state index in [0.717, 1.165) is 12.8 Å². The Hall–Kier alpha value is -0.560. The SMILES string of the molecule is CCCCCCC=CC=CCCCCCCO. The van der Waals surface area contributed by atoms with Gasteiger partial charge in [-0.05, 0) is 32.1 Å². The average Bonchev–Trinajstić information content (AvgIpc) is 2.35. The van der Waals surface area contributed by atoms with E-state index in [0.29, 0.717) is 6.61 Å². The molecule has 0 bridgehead atoms. The normalized spacial score (nSPS) is 11.9. The lowest BCUT2D eigenvalue weighted by Crippen LogP contribution is -1.82. The summed E-state index contributed by atoms with van der Waals surface area (Å²) < 4.78 is 0. The van der Waals surface area contributed by atoms with Gasteiger partial charge in [-0.25, -0.2) is 0 Å². The monoisotopic (exact) mass is 238 g/mol. The van der Waals surface area contributed by atoms with E-state index in [9.17, 15) is 0 Å². The van der Waals surface area contributed by atoms with Crippen molar-refractivity contribution in [3.05, 3.63) is 24.3 Å². The summed E-state index contributed by atoms with van der Waals surface area (Å²) >= 11 is 0. The van der Waals surface area contributed by atoms with Crippen LogP contribution in [0.5, 0.6) is 0 Å². The minimum absolute atomic E-state index is 0.344. The lowest BCUT2D eigenvalue weighted by Gasteiger charge is -1.95. The summed E-state index contributed by atoms with van der Waals surface area (Å²) in [6.45, 7) is 2.59.